The van der Waals surface area contributed by atoms with Gasteiger partial charge in [0, 0.05) is 31.8 Å². The molecule has 124 valence electrons. The summed E-state index contributed by atoms with van der Waals surface area (Å²) in [4.78, 5) is 19.5. The number of hydrogen-bond acceptors (Lipinski definition) is 6. The van der Waals surface area contributed by atoms with Gasteiger partial charge in [0.25, 0.3) is 0 Å². The number of aliphatic hydroxyl groups is 1. The maximum atomic E-state index is 12.3. The van der Waals surface area contributed by atoms with Gasteiger partial charge in [-0.05, 0) is 31.2 Å². The Labute approximate surface area is 139 Å². The van der Waals surface area contributed by atoms with Gasteiger partial charge < -0.3 is 14.5 Å². The summed E-state index contributed by atoms with van der Waals surface area (Å²) < 4.78 is 5.22. The zero-order chi connectivity index (χ0) is 16.2. The van der Waals surface area contributed by atoms with Crippen LogP contribution < -0.4 is 0 Å². The molecule has 6 nitrogen and oxygen atoms in total. The van der Waals surface area contributed by atoms with Gasteiger partial charge in [-0.25, -0.2) is 0 Å². The number of carbonyl (C=O) groups is 1. The Kier molecular flexibility index (Phi) is 5.07. The Morgan fingerprint density at radius 3 is 3.22 bits per heavy atom. The molecule has 23 heavy (non-hydrogen) atoms. The lowest BCUT2D eigenvalue weighted by atomic mass is 9.93. The maximum absolute atomic E-state index is 12.3. The monoisotopic (exact) mass is 335 g/mol. The number of aryl methyl sites for hydroxylation is 1. The highest BCUT2D eigenvalue weighted by Gasteiger charge is 2.26. The molecule has 0 aliphatic carbocycles. The Morgan fingerprint density at radius 1 is 1.61 bits per heavy atom. The van der Waals surface area contributed by atoms with Gasteiger partial charge in [0.2, 0.25) is 17.6 Å². The average molecular weight is 335 g/mol. The van der Waals surface area contributed by atoms with E-state index in [1.165, 1.54) is 0 Å². The number of rotatable bonds is 5. The second-order valence-electron chi connectivity index (χ2n) is 5.97. The molecule has 3 rings (SSSR count). The topological polar surface area (TPSA) is 79.5 Å². The molecule has 0 aromatic carbocycles. The second-order valence-corrected chi connectivity index (χ2v) is 6.92. The van der Waals surface area contributed by atoms with Crippen LogP contribution in [0.15, 0.2) is 22.0 Å². The van der Waals surface area contributed by atoms with Gasteiger partial charge >= 0.3 is 0 Å². The molecule has 0 bridgehead atoms. The van der Waals surface area contributed by atoms with Crippen molar-refractivity contribution < 1.29 is 14.4 Å². The summed E-state index contributed by atoms with van der Waals surface area (Å²) in [6, 6.07) is 3.88. The average Bonchev–Trinajstić information content (AvgIpc) is 3.23. The van der Waals surface area contributed by atoms with E-state index in [1.54, 1.807) is 18.3 Å². The SMILES string of the molecule is CC(O)C1CCCN(C(=O)CCc2nc(-c3cccs3)no2)C1. The molecule has 0 radical (unpaired) electrons. The number of aliphatic hydroxyl groups excluding tert-OH is 1. The predicted molar refractivity (Wildman–Crippen MR) is 86.9 cm³/mol. The summed E-state index contributed by atoms with van der Waals surface area (Å²) in [5.41, 5.74) is 0. The van der Waals surface area contributed by atoms with Crippen molar-refractivity contribution in [3.8, 4) is 10.7 Å². The van der Waals surface area contributed by atoms with Crippen LogP contribution in [0.1, 0.15) is 32.1 Å². The Bertz CT molecular complexity index is 639. The van der Waals surface area contributed by atoms with Gasteiger partial charge in [-0.1, -0.05) is 11.2 Å². The summed E-state index contributed by atoms with van der Waals surface area (Å²) in [7, 11) is 0. The standard InChI is InChI=1S/C16H21N3O3S/c1-11(20)12-4-2-8-19(10-12)15(21)7-6-14-17-16(18-22-14)13-5-3-9-23-13/h3,5,9,11-12,20H,2,4,6-8,10H2,1H3. The number of aromatic nitrogens is 2. The zero-order valence-corrected chi connectivity index (χ0v) is 14.0. The van der Waals surface area contributed by atoms with Crippen LogP contribution in [0.2, 0.25) is 0 Å². The van der Waals surface area contributed by atoms with E-state index in [9.17, 15) is 9.90 Å². The van der Waals surface area contributed by atoms with E-state index < -0.39 is 0 Å². The first-order chi connectivity index (χ1) is 11.1. The van der Waals surface area contributed by atoms with E-state index >= 15 is 0 Å². The van der Waals surface area contributed by atoms with Crippen LogP contribution >= 0.6 is 11.3 Å². The van der Waals surface area contributed by atoms with E-state index in [4.69, 9.17) is 4.52 Å². The maximum Gasteiger partial charge on any atom is 0.227 e. The molecule has 2 aromatic rings. The quantitative estimate of drug-likeness (QED) is 0.907. The van der Waals surface area contributed by atoms with Gasteiger partial charge in [-0.15, -0.1) is 11.3 Å². The lowest BCUT2D eigenvalue weighted by molar-refractivity contribution is -0.133. The number of piperidine rings is 1. The van der Waals surface area contributed by atoms with Crippen molar-refractivity contribution in [3.05, 3.63) is 23.4 Å². The van der Waals surface area contributed by atoms with Crippen molar-refractivity contribution in [2.24, 2.45) is 5.92 Å². The molecule has 1 aliphatic heterocycles. The highest BCUT2D eigenvalue weighted by atomic mass is 32.1. The summed E-state index contributed by atoms with van der Waals surface area (Å²) >= 11 is 1.56. The molecule has 2 unspecified atom stereocenters. The molecule has 2 aromatic heterocycles. The summed E-state index contributed by atoms with van der Waals surface area (Å²) in [6.07, 6.45) is 2.38. The molecule has 0 saturated carbocycles. The minimum absolute atomic E-state index is 0.0891. The first-order valence-corrected chi connectivity index (χ1v) is 8.84. The number of carbonyl (C=O) groups excluding carboxylic acids is 1. The third kappa shape index (κ3) is 3.97. The van der Waals surface area contributed by atoms with E-state index in [1.807, 2.05) is 22.4 Å². The van der Waals surface area contributed by atoms with Crippen molar-refractivity contribution in [2.45, 2.75) is 38.7 Å². The van der Waals surface area contributed by atoms with E-state index in [2.05, 4.69) is 10.1 Å². The van der Waals surface area contributed by atoms with Crippen LogP contribution in [0, 0.1) is 5.92 Å². The van der Waals surface area contributed by atoms with Gasteiger partial charge in [-0.2, -0.15) is 4.98 Å². The van der Waals surface area contributed by atoms with E-state index in [0.717, 1.165) is 24.3 Å². The first-order valence-electron chi connectivity index (χ1n) is 7.96. The normalized spacial score (nSPS) is 19.7. The highest BCUT2D eigenvalue weighted by molar-refractivity contribution is 7.13. The smallest absolute Gasteiger partial charge is 0.227 e. The fourth-order valence-electron chi connectivity index (χ4n) is 2.86. The van der Waals surface area contributed by atoms with Crippen LogP contribution in [-0.4, -0.2) is 45.2 Å². The number of hydrogen-bond donors (Lipinski definition) is 1. The van der Waals surface area contributed by atoms with Gasteiger partial charge in [0.15, 0.2) is 0 Å². The van der Waals surface area contributed by atoms with Crippen LogP contribution in [0.4, 0.5) is 0 Å². The van der Waals surface area contributed by atoms with Crippen molar-refractivity contribution in [1.82, 2.24) is 15.0 Å². The van der Waals surface area contributed by atoms with Crippen LogP contribution in [0.5, 0.6) is 0 Å². The molecule has 3 heterocycles. The van der Waals surface area contributed by atoms with Crippen molar-refractivity contribution in [3.63, 3.8) is 0 Å². The number of nitrogens with zero attached hydrogens (tertiary/aromatic N) is 3. The van der Waals surface area contributed by atoms with Gasteiger partial charge in [0.05, 0.1) is 11.0 Å². The molecular weight excluding hydrogens is 314 g/mol. The Morgan fingerprint density at radius 2 is 2.48 bits per heavy atom. The highest BCUT2D eigenvalue weighted by Crippen LogP contribution is 2.22. The van der Waals surface area contributed by atoms with Gasteiger partial charge in [0.1, 0.15) is 0 Å². The molecular formula is C16H21N3O3S. The third-order valence-corrected chi connectivity index (χ3v) is 5.12. The fraction of sp³-hybridized carbons (Fsp3) is 0.562. The summed E-state index contributed by atoms with van der Waals surface area (Å²) in [5.74, 6) is 1.34. The lowest BCUT2D eigenvalue weighted by Gasteiger charge is -2.34. The summed E-state index contributed by atoms with van der Waals surface area (Å²) in [6.45, 7) is 3.20. The number of thiophene rings is 1. The molecule has 1 amide bonds. The van der Waals surface area contributed by atoms with Crippen molar-refractivity contribution in [1.29, 1.82) is 0 Å². The second kappa shape index (κ2) is 7.23. The minimum Gasteiger partial charge on any atom is -0.393 e. The molecule has 0 spiro atoms. The van der Waals surface area contributed by atoms with Crippen molar-refractivity contribution in [2.75, 3.05) is 13.1 Å². The summed E-state index contributed by atoms with van der Waals surface area (Å²) in [5, 5.41) is 15.6. The van der Waals surface area contributed by atoms with Crippen molar-refractivity contribution >= 4 is 17.2 Å². The molecule has 1 fully saturated rings. The van der Waals surface area contributed by atoms with Gasteiger partial charge in [-0.3, -0.25) is 4.79 Å². The van der Waals surface area contributed by atoms with Crippen LogP contribution in [0.25, 0.3) is 10.7 Å². The largest absolute Gasteiger partial charge is 0.393 e. The van der Waals surface area contributed by atoms with E-state index in [-0.39, 0.29) is 17.9 Å². The minimum atomic E-state index is -0.366. The lowest BCUT2D eigenvalue weighted by Crippen LogP contribution is -2.43. The predicted octanol–water partition coefficient (Wildman–Crippen LogP) is 2.35. The molecule has 1 aliphatic rings. The number of likely N-dealkylation sites (tertiary alicyclic amines) is 1. The van der Waals surface area contributed by atoms with E-state index in [0.29, 0.717) is 31.1 Å². The Balaban J connectivity index is 1.53. The molecule has 7 heteroatoms. The molecule has 2 atom stereocenters. The van der Waals surface area contributed by atoms with Crippen LogP contribution in [-0.2, 0) is 11.2 Å². The zero-order valence-electron chi connectivity index (χ0n) is 13.1. The molecule has 1 saturated heterocycles. The first kappa shape index (κ1) is 16.1. The number of amides is 1. The molecule has 1 N–H and O–H groups in total. The van der Waals surface area contributed by atoms with Crippen LogP contribution in [0.3, 0.4) is 0 Å². The Hall–Kier alpha value is -1.73. The fourth-order valence-corrected chi connectivity index (χ4v) is 3.51. The third-order valence-electron chi connectivity index (χ3n) is 4.26.